The van der Waals surface area contributed by atoms with Crippen LogP contribution in [0.1, 0.15) is 30.6 Å². The predicted octanol–water partition coefficient (Wildman–Crippen LogP) is 2.79. The fraction of sp³-hybridized carbons (Fsp3) is 0.263. The van der Waals surface area contributed by atoms with Gasteiger partial charge in [0.1, 0.15) is 0 Å². The van der Waals surface area contributed by atoms with Crippen molar-refractivity contribution in [2.45, 2.75) is 31.2 Å². The Morgan fingerprint density at radius 2 is 1.75 bits per heavy atom. The van der Waals surface area contributed by atoms with Gasteiger partial charge in [0.15, 0.2) is 0 Å². The maximum Gasteiger partial charge on any atom is 0.253 e. The van der Waals surface area contributed by atoms with E-state index in [1.54, 1.807) is 24.3 Å². The van der Waals surface area contributed by atoms with Crippen LogP contribution in [-0.4, -0.2) is 32.8 Å². The Morgan fingerprint density at radius 1 is 1.07 bits per heavy atom. The maximum absolute atomic E-state index is 12.3. The summed E-state index contributed by atoms with van der Waals surface area (Å²) in [6.07, 6.45) is -0.107. The molecule has 0 aliphatic carbocycles. The van der Waals surface area contributed by atoms with Gasteiger partial charge in [0.25, 0.3) is 5.91 Å². The Labute approximate surface area is 169 Å². The topological polar surface area (TPSA) is 104 Å². The molecule has 2 amide bonds. The number of carbonyl (C=O) groups is 2. The lowest BCUT2D eigenvalue weighted by molar-refractivity contribution is -0.116. The van der Waals surface area contributed by atoms with E-state index in [4.69, 9.17) is 11.6 Å². The van der Waals surface area contributed by atoms with Crippen LogP contribution < -0.4 is 15.4 Å². The molecule has 0 spiro atoms. The van der Waals surface area contributed by atoms with E-state index in [1.807, 2.05) is 13.8 Å². The second-order valence-electron chi connectivity index (χ2n) is 6.33. The summed E-state index contributed by atoms with van der Waals surface area (Å²) in [6, 6.07) is 12.4. The van der Waals surface area contributed by atoms with Crippen LogP contribution in [0.3, 0.4) is 0 Å². The highest BCUT2D eigenvalue weighted by atomic mass is 35.5. The second kappa shape index (κ2) is 9.68. The summed E-state index contributed by atoms with van der Waals surface area (Å²) in [5, 5.41) is 5.72. The van der Waals surface area contributed by atoms with Gasteiger partial charge in [0.2, 0.25) is 15.9 Å². The summed E-state index contributed by atoms with van der Waals surface area (Å²) in [7, 11) is -3.69. The van der Waals surface area contributed by atoms with Gasteiger partial charge in [0.05, 0.1) is 16.1 Å². The Balaban J connectivity index is 2.00. The van der Waals surface area contributed by atoms with Crippen LogP contribution in [0.2, 0.25) is 5.02 Å². The van der Waals surface area contributed by atoms with Crippen molar-refractivity contribution in [2.24, 2.45) is 0 Å². The number of carbonyl (C=O) groups excluding carboxylic acids is 2. The molecule has 2 aromatic carbocycles. The number of halogens is 1. The Morgan fingerprint density at radius 3 is 2.39 bits per heavy atom. The highest BCUT2D eigenvalue weighted by molar-refractivity contribution is 7.89. The summed E-state index contributed by atoms with van der Waals surface area (Å²) in [4.78, 5) is 24.6. The fourth-order valence-corrected chi connectivity index (χ4v) is 3.58. The number of amides is 2. The Bertz CT molecular complexity index is 947. The number of anilines is 1. The van der Waals surface area contributed by atoms with Gasteiger partial charge in [-0.15, -0.1) is 0 Å². The van der Waals surface area contributed by atoms with Crippen molar-refractivity contribution >= 4 is 39.1 Å². The average Bonchev–Trinajstić information content (AvgIpc) is 2.61. The van der Waals surface area contributed by atoms with E-state index < -0.39 is 15.9 Å². The summed E-state index contributed by atoms with van der Waals surface area (Å²) in [5.41, 5.74) is 0.540. The molecule has 2 rings (SSSR count). The number of nitrogens with one attached hydrogen (secondary N) is 3. The monoisotopic (exact) mass is 423 g/mol. The van der Waals surface area contributed by atoms with Crippen molar-refractivity contribution in [3.05, 3.63) is 59.1 Å². The van der Waals surface area contributed by atoms with Crippen molar-refractivity contribution in [2.75, 3.05) is 11.9 Å². The summed E-state index contributed by atoms with van der Waals surface area (Å²) in [5.74, 6) is -0.789. The molecule has 3 N–H and O–H groups in total. The molecule has 0 heterocycles. The van der Waals surface area contributed by atoms with Crippen LogP contribution in [0.15, 0.2) is 53.4 Å². The highest BCUT2D eigenvalue weighted by Crippen LogP contribution is 2.21. The number of benzene rings is 2. The molecule has 150 valence electrons. The molecule has 2 aromatic rings. The molecule has 0 unspecified atom stereocenters. The van der Waals surface area contributed by atoms with Crippen molar-refractivity contribution in [1.29, 1.82) is 0 Å². The molecule has 0 saturated heterocycles. The van der Waals surface area contributed by atoms with Gasteiger partial charge in [0, 0.05) is 24.0 Å². The summed E-state index contributed by atoms with van der Waals surface area (Å²) >= 11 is 5.97. The van der Waals surface area contributed by atoms with E-state index in [1.165, 1.54) is 24.3 Å². The largest absolute Gasteiger partial charge is 0.350 e. The lowest BCUT2D eigenvalue weighted by Gasteiger charge is -2.14. The van der Waals surface area contributed by atoms with Crippen molar-refractivity contribution in [1.82, 2.24) is 10.0 Å². The molecule has 0 fully saturated rings. The fourth-order valence-electron chi connectivity index (χ4n) is 2.35. The average molecular weight is 424 g/mol. The smallest absolute Gasteiger partial charge is 0.253 e. The van der Waals surface area contributed by atoms with Crippen LogP contribution in [0.25, 0.3) is 0 Å². The third-order valence-corrected chi connectivity index (χ3v) is 5.33. The molecule has 0 radical (unpaired) electrons. The van der Waals surface area contributed by atoms with Gasteiger partial charge in [-0.2, -0.15) is 0 Å². The predicted molar refractivity (Wildman–Crippen MR) is 109 cm³/mol. The van der Waals surface area contributed by atoms with Gasteiger partial charge in [-0.3, -0.25) is 9.59 Å². The molecule has 0 saturated carbocycles. The zero-order valence-electron chi connectivity index (χ0n) is 15.5. The Hall–Kier alpha value is -2.42. The molecule has 7 nitrogen and oxygen atoms in total. The molecule has 9 heteroatoms. The van der Waals surface area contributed by atoms with E-state index in [-0.39, 0.29) is 41.1 Å². The van der Waals surface area contributed by atoms with Gasteiger partial charge < -0.3 is 10.6 Å². The zero-order valence-corrected chi connectivity index (χ0v) is 17.1. The van der Waals surface area contributed by atoms with Crippen LogP contribution in [-0.2, 0) is 14.8 Å². The standard InChI is InChI=1S/C19H22ClN3O4S/c1-13(2)22-19(25)16-9-8-14(20)12-17(16)23-18(24)10-11-21-28(26,27)15-6-4-3-5-7-15/h3-9,12-13,21H,10-11H2,1-2H3,(H,22,25)(H,23,24). The molecule has 0 aromatic heterocycles. The van der Waals surface area contributed by atoms with Crippen molar-refractivity contribution in [3.8, 4) is 0 Å². The van der Waals surface area contributed by atoms with Gasteiger partial charge in [-0.1, -0.05) is 29.8 Å². The number of sulfonamides is 1. The van der Waals surface area contributed by atoms with Crippen LogP contribution in [0, 0.1) is 0 Å². The van der Waals surface area contributed by atoms with E-state index in [0.29, 0.717) is 5.02 Å². The van der Waals surface area contributed by atoms with E-state index >= 15 is 0 Å². The van der Waals surface area contributed by atoms with Crippen LogP contribution >= 0.6 is 11.6 Å². The van der Waals surface area contributed by atoms with E-state index in [9.17, 15) is 18.0 Å². The number of rotatable bonds is 8. The molecular formula is C19H22ClN3O4S. The van der Waals surface area contributed by atoms with Crippen molar-refractivity contribution in [3.63, 3.8) is 0 Å². The van der Waals surface area contributed by atoms with Gasteiger partial charge in [-0.05, 0) is 44.2 Å². The molecule has 0 atom stereocenters. The second-order valence-corrected chi connectivity index (χ2v) is 8.53. The Kier molecular flexibility index (Phi) is 7.56. The summed E-state index contributed by atoms with van der Waals surface area (Å²) < 4.78 is 26.7. The quantitative estimate of drug-likeness (QED) is 0.607. The van der Waals surface area contributed by atoms with E-state index in [0.717, 1.165) is 0 Å². The minimum atomic E-state index is -3.69. The first-order valence-electron chi connectivity index (χ1n) is 8.64. The first-order valence-corrected chi connectivity index (χ1v) is 10.5. The SMILES string of the molecule is CC(C)NC(=O)c1ccc(Cl)cc1NC(=O)CCNS(=O)(=O)c1ccccc1. The van der Waals surface area contributed by atoms with Gasteiger partial charge in [-0.25, -0.2) is 13.1 Å². The lowest BCUT2D eigenvalue weighted by atomic mass is 10.1. The minimum Gasteiger partial charge on any atom is -0.350 e. The zero-order chi connectivity index (χ0) is 20.7. The first kappa shape index (κ1) is 21.9. The highest BCUT2D eigenvalue weighted by Gasteiger charge is 2.16. The molecular weight excluding hydrogens is 402 g/mol. The van der Waals surface area contributed by atoms with E-state index in [2.05, 4.69) is 15.4 Å². The number of hydrogen-bond donors (Lipinski definition) is 3. The lowest BCUT2D eigenvalue weighted by Crippen LogP contribution is -2.31. The molecule has 0 bridgehead atoms. The normalized spacial score (nSPS) is 11.3. The third kappa shape index (κ3) is 6.33. The first-order chi connectivity index (χ1) is 13.2. The maximum atomic E-state index is 12.3. The molecule has 0 aliphatic heterocycles. The van der Waals surface area contributed by atoms with Gasteiger partial charge >= 0.3 is 0 Å². The van der Waals surface area contributed by atoms with Crippen LogP contribution in [0.4, 0.5) is 5.69 Å². The summed E-state index contributed by atoms with van der Waals surface area (Å²) in [6.45, 7) is 3.56. The molecule has 28 heavy (non-hydrogen) atoms. The number of hydrogen-bond acceptors (Lipinski definition) is 4. The van der Waals surface area contributed by atoms with Crippen LogP contribution in [0.5, 0.6) is 0 Å². The third-order valence-electron chi connectivity index (χ3n) is 3.62. The molecule has 0 aliphatic rings. The minimum absolute atomic E-state index is 0.0703. The van der Waals surface area contributed by atoms with Crippen molar-refractivity contribution < 1.29 is 18.0 Å².